The highest BCUT2D eigenvalue weighted by Crippen LogP contribution is 2.38. The Morgan fingerprint density at radius 3 is 2.00 bits per heavy atom. The van der Waals surface area contributed by atoms with E-state index in [-0.39, 0.29) is 0 Å². The molecule has 0 saturated heterocycles. The van der Waals surface area contributed by atoms with Crippen molar-refractivity contribution < 1.29 is 0 Å². The average molecular weight is 415 g/mol. The molecule has 0 unspecified atom stereocenters. The van der Waals surface area contributed by atoms with Crippen LogP contribution in [-0.4, -0.2) is 0 Å². The summed E-state index contributed by atoms with van der Waals surface area (Å²) >= 11 is 10.9. The van der Waals surface area contributed by atoms with E-state index in [9.17, 15) is 0 Å². The third-order valence-corrected chi connectivity index (χ3v) is 4.84. The van der Waals surface area contributed by atoms with Crippen molar-refractivity contribution in [1.29, 1.82) is 0 Å². The van der Waals surface area contributed by atoms with E-state index in [1.54, 1.807) is 0 Å². The Labute approximate surface area is 124 Å². The van der Waals surface area contributed by atoms with E-state index in [2.05, 4.69) is 90.3 Å². The van der Waals surface area contributed by atoms with Crippen molar-refractivity contribution in [1.82, 2.24) is 0 Å². The van der Waals surface area contributed by atoms with Crippen molar-refractivity contribution in [3.05, 3.63) is 55.9 Å². The summed E-state index contributed by atoms with van der Waals surface area (Å²) in [7, 11) is 0. The van der Waals surface area contributed by atoms with Gasteiger partial charge in [-0.2, -0.15) is 0 Å². The number of fused-ring (bicyclic) bond motifs is 3. The first-order valence-corrected chi connectivity index (χ1v) is 7.51. The molecule has 3 rings (SSSR count). The van der Waals surface area contributed by atoms with E-state index in [4.69, 9.17) is 0 Å². The van der Waals surface area contributed by atoms with Crippen LogP contribution in [0.4, 0.5) is 0 Å². The van der Waals surface area contributed by atoms with Gasteiger partial charge >= 0.3 is 0 Å². The van der Waals surface area contributed by atoms with Gasteiger partial charge in [0.05, 0.1) is 0 Å². The maximum Gasteiger partial charge on any atom is 0.0271 e. The smallest absolute Gasteiger partial charge is 0.0271 e. The lowest BCUT2D eigenvalue weighted by atomic mass is 10.0. The largest absolute Gasteiger partial charge is 0.0605 e. The molecule has 3 aromatic rings. The molecule has 0 saturated carbocycles. The highest BCUT2D eigenvalue weighted by molar-refractivity contribution is 9.11. The fourth-order valence-corrected chi connectivity index (χ4v) is 4.09. The minimum atomic E-state index is 1.11. The van der Waals surface area contributed by atoms with Gasteiger partial charge in [-0.05, 0) is 34.4 Å². The first kappa shape index (κ1) is 11.7. The normalized spacial score (nSPS) is 11.2. The summed E-state index contributed by atoms with van der Waals surface area (Å²) in [5.41, 5.74) is 0. The van der Waals surface area contributed by atoms with Gasteiger partial charge in [-0.1, -0.05) is 72.1 Å². The molecular formula is C14H7Br3. The third kappa shape index (κ3) is 1.85. The predicted octanol–water partition coefficient (Wildman–Crippen LogP) is 6.28. The zero-order chi connectivity index (χ0) is 12.0. The molecule has 0 aliphatic carbocycles. The number of hydrogen-bond donors (Lipinski definition) is 0. The van der Waals surface area contributed by atoms with Crippen molar-refractivity contribution in [3.8, 4) is 0 Å². The molecule has 0 spiro atoms. The van der Waals surface area contributed by atoms with E-state index in [0.717, 1.165) is 13.4 Å². The van der Waals surface area contributed by atoms with E-state index in [1.807, 2.05) is 0 Å². The molecule has 17 heavy (non-hydrogen) atoms. The van der Waals surface area contributed by atoms with Gasteiger partial charge in [0.1, 0.15) is 0 Å². The number of rotatable bonds is 0. The predicted molar refractivity (Wildman–Crippen MR) is 84.6 cm³/mol. The van der Waals surface area contributed by atoms with Crippen LogP contribution in [0.15, 0.2) is 55.9 Å². The molecule has 84 valence electrons. The second-order valence-corrected chi connectivity index (χ2v) is 6.42. The van der Waals surface area contributed by atoms with Crippen LogP contribution in [0, 0.1) is 0 Å². The Balaban J connectivity index is 2.65. The van der Waals surface area contributed by atoms with Gasteiger partial charge < -0.3 is 0 Å². The van der Waals surface area contributed by atoms with Crippen molar-refractivity contribution in [2.45, 2.75) is 0 Å². The molecule has 0 radical (unpaired) electrons. The van der Waals surface area contributed by atoms with Crippen molar-refractivity contribution in [2.24, 2.45) is 0 Å². The zero-order valence-electron chi connectivity index (χ0n) is 8.68. The Hall–Kier alpha value is -0.380. The minimum absolute atomic E-state index is 1.11. The highest BCUT2D eigenvalue weighted by Gasteiger charge is 2.08. The van der Waals surface area contributed by atoms with Gasteiger partial charge in [0.25, 0.3) is 0 Å². The highest BCUT2D eigenvalue weighted by atomic mass is 79.9. The van der Waals surface area contributed by atoms with E-state index < -0.39 is 0 Å². The standard InChI is InChI=1S/C14H7Br3/c15-11-5-1-3-8-9-4-2-6-12(16)14(9)13(17)7-10(8)11/h1-7H. The summed E-state index contributed by atoms with van der Waals surface area (Å²) in [6.07, 6.45) is 0. The molecule has 0 aliphatic heterocycles. The molecule has 0 nitrogen and oxygen atoms in total. The topological polar surface area (TPSA) is 0 Å². The summed E-state index contributed by atoms with van der Waals surface area (Å²) < 4.78 is 3.35. The Morgan fingerprint density at radius 1 is 0.588 bits per heavy atom. The van der Waals surface area contributed by atoms with Crippen molar-refractivity contribution >= 4 is 69.3 Å². The molecule has 0 fully saturated rings. The van der Waals surface area contributed by atoms with E-state index in [1.165, 1.54) is 21.5 Å². The fourth-order valence-electron chi connectivity index (χ4n) is 2.11. The molecule has 0 N–H and O–H groups in total. The Kier molecular flexibility index (Phi) is 3.01. The molecule has 3 aromatic carbocycles. The first-order valence-electron chi connectivity index (χ1n) is 5.13. The van der Waals surface area contributed by atoms with E-state index in [0.29, 0.717) is 0 Å². The van der Waals surface area contributed by atoms with Crippen molar-refractivity contribution in [3.63, 3.8) is 0 Å². The Bertz CT molecular complexity index is 732. The second-order valence-electron chi connectivity index (χ2n) is 3.86. The average Bonchev–Trinajstić information content (AvgIpc) is 2.31. The quantitative estimate of drug-likeness (QED) is 0.380. The van der Waals surface area contributed by atoms with Crippen LogP contribution in [-0.2, 0) is 0 Å². The summed E-state index contributed by atoms with van der Waals surface area (Å²) in [5, 5.41) is 4.96. The SMILES string of the molecule is Brc1cccc2c1cc(Br)c1c(Br)cccc12. The molecular weight excluding hydrogens is 408 g/mol. The lowest BCUT2D eigenvalue weighted by molar-refractivity contribution is 1.68. The molecule has 3 heteroatoms. The number of benzene rings is 3. The van der Waals surface area contributed by atoms with Gasteiger partial charge in [0.15, 0.2) is 0 Å². The first-order chi connectivity index (χ1) is 8.18. The van der Waals surface area contributed by atoms with Crippen molar-refractivity contribution in [2.75, 3.05) is 0 Å². The summed E-state index contributed by atoms with van der Waals surface area (Å²) in [6.45, 7) is 0. The molecule has 0 bridgehead atoms. The van der Waals surface area contributed by atoms with Gasteiger partial charge in [0, 0.05) is 18.8 Å². The van der Waals surface area contributed by atoms with Gasteiger partial charge in [-0.25, -0.2) is 0 Å². The minimum Gasteiger partial charge on any atom is -0.0605 e. The summed E-state index contributed by atoms with van der Waals surface area (Å²) in [6, 6.07) is 14.7. The van der Waals surface area contributed by atoms with Crippen LogP contribution in [0.1, 0.15) is 0 Å². The molecule has 0 heterocycles. The lowest BCUT2D eigenvalue weighted by Gasteiger charge is -2.09. The van der Waals surface area contributed by atoms with Crippen LogP contribution in [0.5, 0.6) is 0 Å². The summed E-state index contributed by atoms with van der Waals surface area (Å²) in [4.78, 5) is 0. The van der Waals surface area contributed by atoms with Crippen LogP contribution < -0.4 is 0 Å². The van der Waals surface area contributed by atoms with Gasteiger partial charge in [-0.15, -0.1) is 0 Å². The van der Waals surface area contributed by atoms with E-state index >= 15 is 0 Å². The van der Waals surface area contributed by atoms with Crippen LogP contribution in [0.25, 0.3) is 21.5 Å². The maximum absolute atomic E-state index is 3.65. The zero-order valence-corrected chi connectivity index (χ0v) is 13.4. The maximum atomic E-state index is 3.65. The molecule has 0 aliphatic rings. The molecule has 0 atom stereocenters. The van der Waals surface area contributed by atoms with Gasteiger partial charge in [-0.3, -0.25) is 0 Å². The summed E-state index contributed by atoms with van der Waals surface area (Å²) in [5.74, 6) is 0. The number of halogens is 3. The molecule has 0 amide bonds. The van der Waals surface area contributed by atoms with Crippen LogP contribution >= 0.6 is 47.8 Å². The molecule has 0 aromatic heterocycles. The monoisotopic (exact) mass is 412 g/mol. The van der Waals surface area contributed by atoms with Gasteiger partial charge in [0.2, 0.25) is 0 Å². The second kappa shape index (κ2) is 4.38. The fraction of sp³-hybridized carbons (Fsp3) is 0. The van der Waals surface area contributed by atoms with Crippen LogP contribution in [0.2, 0.25) is 0 Å². The Morgan fingerprint density at radius 2 is 1.24 bits per heavy atom. The van der Waals surface area contributed by atoms with Crippen LogP contribution in [0.3, 0.4) is 0 Å². The third-order valence-electron chi connectivity index (χ3n) is 2.87. The lowest BCUT2D eigenvalue weighted by Crippen LogP contribution is -1.82. The number of hydrogen-bond acceptors (Lipinski definition) is 0.